The highest BCUT2D eigenvalue weighted by molar-refractivity contribution is 5.84. The fourth-order valence-electron chi connectivity index (χ4n) is 3.90. The van der Waals surface area contributed by atoms with Crippen LogP contribution >= 0.6 is 0 Å². The summed E-state index contributed by atoms with van der Waals surface area (Å²) in [5.74, 6) is -0.327. The van der Waals surface area contributed by atoms with Gasteiger partial charge in [-0.25, -0.2) is 4.39 Å². The molecule has 0 aromatic carbocycles. The minimum atomic E-state index is -0.618. The van der Waals surface area contributed by atoms with Crippen molar-refractivity contribution >= 4 is 5.91 Å². The lowest BCUT2D eigenvalue weighted by Crippen LogP contribution is -2.43. The maximum atomic E-state index is 13.5. The summed E-state index contributed by atoms with van der Waals surface area (Å²) < 4.78 is 13.5. The molecule has 3 atom stereocenters. The van der Waals surface area contributed by atoms with E-state index in [-0.39, 0.29) is 30.2 Å². The zero-order valence-corrected chi connectivity index (χ0v) is 12.8. The summed E-state index contributed by atoms with van der Waals surface area (Å²) in [7, 11) is 0. The number of amides is 1. The van der Waals surface area contributed by atoms with E-state index < -0.39 is 5.41 Å². The van der Waals surface area contributed by atoms with Crippen molar-refractivity contribution in [3.05, 3.63) is 29.8 Å². The summed E-state index contributed by atoms with van der Waals surface area (Å²) in [4.78, 5) is 18.9. The summed E-state index contributed by atoms with van der Waals surface area (Å²) in [6.45, 7) is 1.89. The quantitative estimate of drug-likeness (QED) is 0.841. The molecule has 0 spiro atoms. The van der Waals surface area contributed by atoms with Gasteiger partial charge in [-0.05, 0) is 44.2 Å². The van der Waals surface area contributed by atoms with E-state index in [4.69, 9.17) is 5.26 Å². The number of hydrogen-bond acceptors (Lipinski definition) is 3. The predicted octanol–water partition coefficient (Wildman–Crippen LogP) is 3.36. The van der Waals surface area contributed by atoms with E-state index in [1.54, 1.807) is 6.20 Å². The number of carbonyl (C=O) groups excluding carboxylic acids is 1. The van der Waals surface area contributed by atoms with Crippen LogP contribution in [-0.4, -0.2) is 21.8 Å². The number of halogens is 1. The van der Waals surface area contributed by atoms with Crippen molar-refractivity contribution in [3.63, 3.8) is 0 Å². The molecule has 1 aromatic heterocycles. The maximum Gasteiger partial charge on any atom is 0.230 e. The van der Waals surface area contributed by atoms with E-state index >= 15 is 0 Å². The molecular formula is C17H20FN3O. The minimum absolute atomic E-state index is 0.0447. The lowest BCUT2D eigenvalue weighted by molar-refractivity contribution is -0.143. The first kappa shape index (κ1) is 15.0. The van der Waals surface area contributed by atoms with Crippen molar-refractivity contribution < 1.29 is 9.18 Å². The first-order valence-corrected chi connectivity index (χ1v) is 7.85. The van der Waals surface area contributed by atoms with Gasteiger partial charge < -0.3 is 4.90 Å². The van der Waals surface area contributed by atoms with Crippen LogP contribution in [0.25, 0.3) is 0 Å². The third-order valence-corrected chi connectivity index (χ3v) is 5.10. The van der Waals surface area contributed by atoms with Crippen LogP contribution in [0, 0.1) is 22.6 Å². The summed E-state index contributed by atoms with van der Waals surface area (Å²) in [5, 5.41) is 9.07. The summed E-state index contributed by atoms with van der Waals surface area (Å²) in [6.07, 6.45) is 7.52. The smallest absolute Gasteiger partial charge is 0.230 e. The average Bonchev–Trinajstić information content (AvgIpc) is 2.85. The number of nitrogens with zero attached hydrogens (tertiary/aromatic N) is 3. The van der Waals surface area contributed by atoms with Crippen LogP contribution in [-0.2, 0) is 4.79 Å². The Morgan fingerprint density at radius 3 is 3.00 bits per heavy atom. The van der Waals surface area contributed by atoms with Gasteiger partial charge in [0.05, 0.1) is 23.7 Å². The average molecular weight is 301 g/mol. The number of aromatic nitrogens is 1. The van der Waals surface area contributed by atoms with Gasteiger partial charge in [-0.15, -0.1) is 0 Å². The van der Waals surface area contributed by atoms with Gasteiger partial charge in [0.1, 0.15) is 5.82 Å². The van der Waals surface area contributed by atoms with Gasteiger partial charge in [-0.1, -0.05) is 6.42 Å². The molecule has 1 aromatic rings. The van der Waals surface area contributed by atoms with Gasteiger partial charge in [-0.2, -0.15) is 5.26 Å². The van der Waals surface area contributed by atoms with Crippen molar-refractivity contribution in [1.82, 2.24) is 9.88 Å². The molecule has 0 bridgehead atoms. The lowest BCUT2D eigenvalue weighted by atomic mass is 9.81. The van der Waals surface area contributed by atoms with Gasteiger partial charge >= 0.3 is 0 Å². The molecule has 0 saturated carbocycles. The largest absolute Gasteiger partial charge is 0.332 e. The monoisotopic (exact) mass is 301 g/mol. The highest BCUT2D eigenvalue weighted by Gasteiger charge is 2.47. The molecule has 22 heavy (non-hydrogen) atoms. The molecule has 0 aliphatic carbocycles. The number of fused-ring (bicyclic) bond motifs is 1. The van der Waals surface area contributed by atoms with Crippen molar-refractivity contribution in [1.29, 1.82) is 5.26 Å². The Balaban J connectivity index is 1.95. The normalized spacial score (nSPS) is 31.5. The zero-order valence-electron chi connectivity index (χ0n) is 12.8. The summed E-state index contributed by atoms with van der Waals surface area (Å²) >= 11 is 0. The first-order valence-electron chi connectivity index (χ1n) is 7.85. The molecule has 3 rings (SSSR count). The van der Waals surface area contributed by atoms with Gasteiger partial charge in [0, 0.05) is 18.7 Å². The zero-order chi connectivity index (χ0) is 15.7. The fourth-order valence-corrected chi connectivity index (χ4v) is 3.90. The molecule has 2 saturated heterocycles. The van der Waals surface area contributed by atoms with Crippen molar-refractivity contribution in [3.8, 4) is 6.07 Å². The second-order valence-electron chi connectivity index (χ2n) is 6.68. The Morgan fingerprint density at radius 2 is 2.27 bits per heavy atom. The Kier molecular flexibility index (Phi) is 3.86. The number of hydrogen-bond donors (Lipinski definition) is 0. The predicted molar refractivity (Wildman–Crippen MR) is 79.0 cm³/mol. The molecule has 4 nitrogen and oxygen atoms in total. The Morgan fingerprint density at radius 1 is 1.45 bits per heavy atom. The standard InChI is InChI=1S/C17H20FN3O/c1-17(7-8-19)6-2-3-14-4-5-15(21(14)16(17)22)12-9-13(18)11-20-10-12/h9-11,14-15H,2-7H2,1H3/t14?,15-,17?/m1/s1. The number of carbonyl (C=O) groups is 1. The molecular weight excluding hydrogens is 281 g/mol. The minimum Gasteiger partial charge on any atom is -0.332 e. The Hall–Kier alpha value is -1.96. The molecule has 2 aliphatic rings. The Bertz CT molecular complexity index is 627. The van der Waals surface area contributed by atoms with Crippen molar-refractivity contribution in [2.45, 2.75) is 57.5 Å². The van der Waals surface area contributed by atoms with Gasteiger partial charge in [0.15, 0.2) is 0 Å². The Labute approximate surface area is 129 Å². The molecule has 2 fully saturated rings. The second-order valence-corrected chi connectivity index (χ2v) is 6.68. The molecule has 116 valence electrons. The van der Waals surface area contributed by atoms with Crippen molar-refractivity contribution in [2.75, 3.05) is 0 Å². The van der Waals surface area contributed by atoms with Gasteiger partial charge in [0.2, 0.25) is 5.91 Å². The second kappa shape index (κ2) is 5.68. The third-order valence-electron chi connectivity index (χ3n) is 5.10. The molecule has 2 aliphatic heterocycles. The van der Waals surface area contributed by atoms with E-state index in [1.807, 2.05) is 11.8 Å². The summed E-state index contributed by atoms with van der Waals surface area (Å²) in [5.41, 5.74) is 0.143. The molecule has 2 unspecified atom stereocenters. The van der Waals surface area contributed by atoms with Gasteiger partial charge in [-0.3, -0.25) is 9.78 Å². The van der Waals surface area contributed by atoms with Crippen LogP contribution in [0.2, 0.25) is 0 Å². The molecule has 1 amide bonds. The molecule has 5 heteroatoms. The van der Waals surface area contributed by atoms with Crippen LogP contribution in [0.4, 0.5) is 4.39 Å². The topological polar surface area (TPSA) is 57.0 Å². The van der Waals surface area contributed by atoms with E-state index in [0.717, 1.165) is 37.7 Å². The SMILES string of the molecule is CC1(CC#N)CCCC2CC[C@H](c3cncc(F)c3)N2C1=O. The molecule has 0 N–H and O–H groups in total. The number of rotatable bonds is 2. The van der Waals surface area contributed by atoms with Crippen LogP contribution in [0.5, 0.6) is 0 Å². The van der Waals surface area contributed by atoms with E-state index in [2.05, 4.69) is 11.1 Å². The van der Waals surface area contributed by atoms with Gasteiger partial charge in [0.25, 0.3) is 0 Å². The highest BCUT2D eigenvalue weighted by atomic mass is 19.1. The molecule has 3 heterocycles. The van der Waals surface area contributed by atoms with E-state index in [1.165, 1.54) is 12.3 Å². The summed E-state index contributed by atoms with van der Waals surface area (Å²) in [6, 6.07) is 3.73. The first-order chi connectivity index (χ1) is 10.5. The van der Waals surface area contributed by atoms with Crippen LogP contribution in [0.15, 0.2) is 18.5 Å². The fraction of sp³-hybridized carbons (Fsp3) is 0.588. The highest BCUT2D eigenvalue weighted by Crippen LogP contribution is 2.45. The van der Waals surface area contributed by atoms with E-state index in [9.17, 15) is 9.18 Å². The van der Waals surface area contributed by atoms with E-state index in [0.29, 0.717) is 0 Å². The van der Waals surface area contributed by atoms with Crippen molar-refractivity contribution in [2.24, 2.45) is 5.41 Å². The third kappa shape index (κ3) is 2.47. The molecule has 0 radical (unpaired) electrons. The number of pyridine rings is 1. The van der Waals surface area contributed by atoms with Crippen LogP contribution in [0.3, 0.4) is 0 Å². The van der Waals surface area contributed by atoms with Crippen LogP contribution < -0.4 is 0 Å². The van der Waals surface area contributed by atoms with Crippen LogP contribution in [0.1, 0.15) is 57.1 Å². The lowest BCUT2D eigenvalue weighted by Gasteiger charge is -2.35. The maximum absolute atomic E-state index is 13.5. The number of nitriles is 1.